The van der Waals surface area contributed by atoms with Crippen molar-refractivity contribution >= 4 is 23.2 Å². The van der Waals surface area contributed by atoms with Gasteiger partial charge in [-0.1, -0.05) is 23.7 Å². The maximum atomic E-state index is 12.5. The van der Waals surface area contributed by atoms with Gasteiger partial charge in [0, 0.05) is 11.1 Å². The third kappa shape index (κ3) is 6.67. The fourth-order valence-electron chi connectivity index (χ4n) is 3.37. The van der Waals surface area contributed by atoms with E-state index in [9.17, 15) is 4.79 Å². The lowest BCUT2D eigenvalue weighted by Gasteiger charge is -2.17. The van der Waals surface area contributed by atoms with Crippen LogP contribution in [0.3, 0.4) is 0 Å². The molecule has 9 heteroatoms. The lowest BCUT2D eigenvalue weighted by atomic mass is 10.1. The third-order valence-corrected chi connectivity index (χ3v) is 5.59. The number of halogens is 1. The summed E-state index contributed by atoms with van der Waals surface area (Å²) < 4.78 is 10.8. The second-order valence-electron chi connectivity index (χ2n) is 7.58. The molecule has 1 heterocycles. The van der Waals surface area contributed by atoms with Crippen LogP contribution in [0, 0.1) is 11.3 Å². The van der Waals surface area contributed by atoms with Crippen LogP contribution in [-0.4, -0.2) is 36.6 Å². The standard InChI is InChI=1S/C25H26ClN5O3/c1-16(17-5-4-6-21(9-17)33-2)28-8-7-18-10-24(34-3)23(12-22(18)26)31-25(32)11-19-14-30-20(13-27)15-29-19/h4-6,9-10,12,14-16,28H,7-8,11H2,1-3H3,(H,31,32)/t16-/m0/s1. The van der Waals surface area contributed by atoms with Gasteiger partial charge in [-0.2, -0.15) is 5.26 Å². The number of hydrogen-bond donors (Lipinski definition) is 2. The third-order valence-electron chi connectivity index (χ3n) is 5.24. The molecule has 0 unspecified atom stereocenters. The van der Waals surface area contributed by atoms with Crippen molar-refractivity contribution in [2.45, 2.75) is 25.8 Å². The topological polar surface area (TPSA) is 109 Å². The number of nitriles is 1. The summed E-state index contributed by atoms with van der Waals surface area (Å²) in [6.07, 6.45) is 3.43. The summed E-state index contributed by atoms with van der Waals surface area (Å²) in [5.74, 6) is 1.04. The Morgan fingerprint density at radius 1 is 1.18 bits per heavy atom. The average Bonchev–Trinajstić information content (AvgIpc) is 2.85. The van der Waals surface area contributed by atoms with Crippen molar-refractivity contribution in [3.05, 3.63) is 76.3 Å². The smallest absolute Gasteiger partial charge is 0.230 e. The van der Waals surface area contributed by atoms with Gasteiger partial charge in [-0.05, 0) is 55.3 Å². The summed E-state index contributed by atoms with van der Waals surface area (Å²) in [5.41, 5.74) is 3.16. The van der Waals surface area contributed by atoms with E-state index >= 15 is 0 Å². The van der Waals surface area contributed by atoms with Crippen molar-refractivity contribution in [1.82, 2.24) is 15.3 Å². The molecular weight excluding hydrogens is 454 g/mol. The molecule has 3 rings (SSSR count). The van der Waals surface area contributed by atoms with Gasteiger partial charge in [-0.3, -0.25) is 9.78 Å². The second kappa shape index (κ2) is 12.0. The molecule has 1 atom stereocenters. The molecule has 176 valence electrons. The van der Waals surface area contributed by atoms with Gasteiger partial charge < -0.3 is 20.1 Å². The zero-order valence-electron chi connectivity index (χ0n) is 19.3. The van der Waals surface area contributed by atoms with Crippen LogP contribution in [0.15, 0.2) is 48.8 Å². The molecule has 0 aliphatic carbocycles. The molecule has 1 amide bonds. The average molecular weight is 480 g/mol. The van der Waals surface area contributed by atoms with E-state index in [2.05, 4.69) is 33.6 Å². The zero-order valence-corrected chi connectivity index (χ0v) is 20.0. The van der Waals surface area contributed by atoms with Crippen LogP contribution in [0.5, 0.6) is 11.5 Å². The van der Waals surface area contributed by atoms with Crippen molar-refractivity contribution in [3.8, 4) is 17.6 Å². The lowest BCUT2D eigenvalue weighted by molar-refractivity contribution is -0.115. The molecule has 0 saturated carbocycles. The monoisotopic (exact) mass is 479 g/mol. The zero-order chi connectivity index (χ0) is 24.5. The number of ether oxygens (including phenoxy) is 2. The Morgan fingerprint density at radius 3 is 2.68 bits per heavy atom. The SMILES string of the molecule is COc1cccc([C@H](C)NCCc2cc(OC)c(NC(=O)Cc3cnc(C#N)cn3)cc2Cl)c1. The molecule has 0 spiro atoms. The van der Waals surface area contributed by atoms with Crippen LogP contribution in [0.2, 0.25) is 5.02 Å². The second-order valence-corrected chi connectivity index (χ2v) is 7.98. The first-order valence-electron chi connectivity index (χ1n) is 10.7. The van der Waals surface area contributed by atoms with Gasteiger partial charge >= 0.3 is 0 Å². The first-order valence-corrected chi connectivity index (χ1v) is 11.1. The first kappa shape index (κ1) is 25.0. The Labute approximate surface area is 203 Å². The molecule has 0 fully saturated rings. The molecule has 0 saturated heterocycles. The fraction of sp³-hybridized carbons (Fsp3) is 0.280. The quantitative estimate of drug-likeness (QED) is 0.450. The largest absolute Gasteiger partial charge is 0.497 e. The highest BCUT2D eigenvalue weighted by Crippen LogP contribution is 2.32. The number of nitrogens with one attached hydrogen (secondary N) is 2. The number of benzene rings is 2. The highest BCUT2D eigenvalue weighted by molar-refractivity contribution is 6.31. The molecule has 3 aromatic rings. The van der Waals surface area contributed by atoms with Crippen LogP contribution < -0.4 is 20.1 Å². The minimum atomic E-state index is -0.296. The van der Waals surface area contributed by atoms with Gasteiger partial charge in [0.1, 0.15) is 17.6 Å². The molecule has 2 aromatic carbocycles. The molecule has 0 aliphatic heterocycles. The summed E-state index contributed by atoms with van der Waals surface area (Å²) in [6, 6.07) is 13.5. The van der Waals surface area contributed by atoms with E-state index < -0.39 is 0 Å². The Kier molecular flexibility index (Phi) is 8.79. The summed E-state index contributed by atoms with van der Waals surface area (Å²) in [6.45, 7) is 2.79. The molecule has 8 nitrogen and oxygen atoms in total. The fourth-order valence-corrected chi connectivity index (χ4v) is 3.63. The van der Waals surface area contributed by atoms with Crippen molar-refractivity contribution < 1.29 is 14.3 Å². The summed E-state index contributed by atoms with van der Waals surface area (Å²) in [4.78, 5) is 20.5. The number of carbonyl (C=O) groups excluding carboxylic acids is 1. The first-order chi connectivity index (χ1) is 16.4. The van der Waals surface area contributed by atoms with Crippen molar-refractivity contribution in [2.75, 3.05) is 26.1 Å². The predicted molar refractivity (Wildman–Crippen MR) is 130 cm³/mol. The van der Waals surface area contributed by atoms with E-state index in [4.69, 9.17) is 26.3 Å². The molecular formula is C25H26ClN5O3. The van der Waals surface area contributed by atoms with E-state index in [1.165, 1.54) is 19.5 Å². The lowest BCUT2D eigenvalue weighted by Crippen LogP contribution is -2.21. The Morgan fingerprint density at radius 2 is 2.00 bits per heavy atom. The highest BCUT2D eigenvalue weighted by Gasteiger charge is 2.14. The highest BCUT2D eigenvalue weighted by atomic mass is 35.5. The van der Waals surface area contributed by atoms with Crippen molar-refractivity contribution in [2.24, 2.45) is 0 Å². The molecule has 34 heavy (non-hydrogen) atoms. The molecule has 0 bridgehead atoms. The number of nitrogens with zero attached hydrogens (tertiary/aromatic N) is 3. The Balaban J connectivity index is 1.60. The number of hydrogen-bond acceptors (Lipinski definition) is 7. The van der Waals surface area contributed by atoms with Crippen LogP contribution in [0.4, 0.5) is 5.69 Å². The van der Waals surface area contributed by atoms with Gasteiger partial charge in [0.15, 0.2) is 5.69 Å². The molecule has 0 radical (unpaired) electrons. The van der Waals surface area contributed by atoms with E-state index in [0.29, 0.717) is 35.1 Å². The molecule has 1 aromatic heterocycles. The normalized spacial score (nSPS) is 11.4. The van der Waals surface area contributed by atoms with Crippen LogP contribution in [-0.2, 0) is 17.6 Å². The minimum Gasteiger partial charge on any atom is -0.497 e. The van der Waals surface area contributed by atoms with Gasteiger partial charge in [-0.15, -0.1) is 0 Å². The van der Waals surface area contributed by atoms with Gasteiger partial charge in [0.2, 0.25) is 5.91 Å². The maximum absolute atomic E-state index is 12.5. The van der Waals surface area contributed by atoms with Crippen LogP contribution in [0.1, 0.15) is 35.5 Å². The van der Waals surface area contributed by atoms with Crippen LogP contribution in [0.25, 0.3) is 0 Å². The van der Waals surface area contributed by atoms with E-state index in [-0.39, 0.29) is 24.1 Å². The van der Waals surface area contributed by atoms with Gasteiger partial charge in [-0.25, -0.2) is 4.98 Å². The number of carbonyl (C=O) groups is 1. The minimum absolute atomic E-state index is 0.00726. The molecule has 0 aliphatic rings. The summed E-state index contributed by atoms with van der Waals surface area (Å²) >= 11 is 6.50. The Bertz CT molecular complexity index is 1180. The predicted octanol–water partition coefficient (Wildman–Crippen LogP) is 4.09. The van der Waals surface area contributed by atoms with Gasteiger partial charge in [0.05, 0.1) is 44.4 Å². The van der Waals surface area contributed by atoms with E-state index in [1.54, 1.807) is 13.2 Å². The summed E-state index contributed by atoms with van der Waals surface area (Å²) in [5, 5.41) is 15.6. The van der Waals surface area contributed by atoms with Crippen molar-refractivity contribution in [3.63, 3.8) is 0 Å². The van der Waals surface area contributed by atoms with Crippen LogP contribution >= 0.6 is 11.6 Å². The van der Waals surface area contributed by atoms with Gasteiger partial charge in [0.25, 0.3) is 0 Å². The summed E-state index contributed by atoms with van der Waals surface area (Å²) in [7, 11) is 3.19. The Hall–Kier alpha value is -3.67. The number of rotatable bonds is 10. The maximum Gasteiger partial charge on any atom is 0.230 e. The number of anilines is 1. The number of amides is 1. The van der Waals surface area contributed by atoms with E-state index in [0.717, 1.165) is 16.9 Å². The van der Waals surface area contributed by atoms with E-state index in [1.807, 2.05) is 30.3 Å². The number of aromatic nitrogens is 2. The molecule has 2 N–H and O–H groups in total. The van der Waals surface area contributed by atoms with Crippen molar-refractivity contribution in [1.29, 1.82) is 5.26 Å². The number of methoxy groups -OCH3 is 2.